The van der Waals surface area contributed by atoms with Gasteiger partial charge in [0.2, 0.25) is 5.89 Å². The number of ether oxygens (including phenoxy) is 1. The van der Waals surface area contributed by atoms with Crippen LogP contribution in [0.4, 0.5) is 5.69 Å². The van der Waals surface area contributed by atoms with Crippen LogP contribution in [0.25, 0.3) is 11.5 Å². The number of aromatic nitrogens is 2. The molecule has 0 aliphatic heterocycles. The van der Waals surface area contributed by atoms with Crippen LogP contribution >= 0.6 is 15.9 Å². The largest absolute Gasteiger partial charge is 0.495 e. The van der Waals surface area contributed by atoms with Gasteiger partial charge in [-0.25, -0.2) is 13.4 Å². The molecule has 10 heteroatoms. The van der Waals surface area contributed by atoms with Crippen molar-refractivity contribution < 1.29 is 17.6 Å². The highest BCUT2D eigenvalue weighted by molar-refractivity contribution is 9.12. The first kappa shape index (κ1) is 25.4. The molecule has 34 heavy (non-hydrogen) atoms. The van der Waals surface area contributed by atoms with E-state index in [0.29, 0.717) is 15.7 Å². The van der Waals surface area contributed by atoms with Crippen LogP contribution in [0.15, 0.2) is 85.4 Å². The van der Waals surface area contributed by atoms with Crippen molar-refractivity contribution in [3.8, 4) is 11.5 Å². The molecule has 0 spiro atoms. The Bertz CT molecular complexity index is 1390. The van der Waals surface area contributed by atoms with Crippen LogP contribution in [0.2, 0.25) is 0 Å². The minimum atomic E-state index is -3.40. The lowest BCUT2D eigenvalue weighted by Crippen LogP contribution is -2.11. The summed E-state index contributed by atoms with van der Waals surface area (Å²) < 4.78 is 35.3. The lowest BCUT2D eigenvalue weighted by Gasteiger charge is -2.12. The first-order valence-corrected chi connectivity index (χ1v) is 12.9. The van der Waals surface area contributed by atoms with Crippen molar-refractivity contribution in [2.24, 2.45) is 10.7 Å². The monoisotopic (exact) mass is 544 g/mol. The average molecular weight is 545 g/mol. The maximum Gasteiger partial charge on any atom is 0.267 e. The van der Waals surface area contributed by atoms with Gasteiger partial charge < -0.3 is 14.9 Å². The van der Waals surface area contributed by atoms with E-state index in [1.165, 1.54) is 19.2 Å². The fraction of sp³-hybridized carbons (Fsp3) is 0.208. The minimum absolute atomic E-state index is 0.0806. The predicted octanol–water partition coefficient (Wildman–Crippen LogP) is 5.11. The van der Waals surface area contributed by atoms with Crippen molar-refractivity contribution in [1.29, 1.82) is 0 Å². The van der Waals surface area contributed by atoms with Crippen LogP contribution in [0, 0.1) is 0 Å². The first-order chi connectivity index (χ1) is 16.0. The molecule has 0 atom stereocenters. The van der Waals surface area contributed by atoms with Crippen molar-refractivity contribution in [3.63, 3.8) is 0 Å². The van der Waals surface area contributed by atoms with E-state index in [9.17, 15) is 8.42 Å². The lowest BCUT2D eigenvalue weighted by molar-refractivity contribution is 0.302. The highest BCUT2D eigenvalue weighted by Gasteiger charge is 2.22. The van der Waals surface area contributed by atoms with Gasteiger partial charge in [-0.05, 0) is 51.7 Å². The summed E-state index contributed by atoms with van der Waals surface area (Å²) >= 11 is 3.49. The normalized spacial score (nSPS) is 13.1. The molecule has 0 aliphatic carbocycles. The summed E-state index contributed by atoms with van der Waals surface area (Å²) in [6.45, 7) is 7.93. The van der Waals surface area contributed by atoms with Gasteiger partial charge in [-0.1, -0.05) is 44.7 Å². The van der Waals surface area contributed by atoms with E-state index in [4.69, 9.17) is 19.9 Å². The van der Waals surface area contributed by atoms with Crippen molar-refractivity contribution in [1.82, 2.24) is 10.2 Å². The molecule has 2 N–H and O–H groups in total. The molecule has 8 nitrogen and oxygen atoms in total. The number of sulfone groups is 1. The zero-order valence-electron chi connectivity index (χ0n) is 19.2. The van der Waals surface area contributed by atoms with Crippen LogP contribution in [0.1, 0.15) is 31.2 Å². The predicted molar refractivity (Wildman–Crippen MR) is 136 cm³/mol. The number of para-hydroxylation sites is 1. The number of rotatable bonds is 8. The van der Waals surface area contributed by atoms with E-state index in [0.717, 1.165) is 11.8 Å². The van der Waals surface area contributed by atoms with Crippen molar-refractivity contribution in [2.45, 2.75) is 24.7 Å². The fourth-order valence-corrected chi connectivity index (χ4v) is 4.19. The molecule has 3 aromatic rings. The molecular formula is C24H25BrN4O4S. The minimum Gasteiger partial charge on any atom is -0.495 e. The maximum atomic E-state index is 11.9. The van der Waals surface area contributed by atoms with Gasteiger partial charge in [-0.3, -0.25) is 0 Å². The highest BCUT2D eigenvalue weighted by atomic mass is 79.9. The lowest BCUT2D eigenvalue weighted by atomic mass is 10.0. The summed E-state index contributed by atoms with van der Waals surface area (Å²) in [4.78, 5) is 4.94. The number of hydrogen-bond acceptors (Lipinski definition) is 8. The highest BCUT2D eigenvalue weighted by Crippen LogP contribution is 2.31. The van der Waals surface area contributed by atoms with Crippen LogP contribution in [0.3, 0.4) is 0 Å². The maximum absolute atomic E-state index is 11.9. The Hall–Kier alpha value is -3.24. The molecule has 0 fully saturated rings. The molecule has 0 aliphatic rings. The third-order valence-electron chi connectivity index (χ3n) is 4.92. The van der Waals surface area contributed by atoms with Crippen molar-refractivity contribution in [2.75, 3.05) is 13.4 Å². The van der Waals surface area contributed by atoms with E-state index in [-0.39, 0.29) is 39.8 Å². The summed E-state index contributed by atoms with van der Waals surface area (Å²) in [7, 11) is -1.94. The molecule has 0 bridgehead atoms. The molecule has 1 heterocycles. The SMILES string of the molecule is C=C(OC)C(N)=C(Br)C(=Nc1ccccc1C(C)C)c1nnc(-c2cccc(S(C)(=O)=O)c2)o1. The quantitative estimate of drug-likeness (QED) is 0.237. The van der Waals surface area contributed by atoms with Gasteiger partial charge in [0.15, 0.2) is 9.84 Å². The Kier molecular flexibility index (Phi) is 7.73. The summed E-state index contributed by atoms with van der Waals surface area (Å²) in [5.41, 5.74) is 8.89. The number of halogens is 1. The van der Waals surface area contributed by atoms with Gasteiger partial charge in [0.25, 0.3) is 5.89 Å². The Balaban J connectivity index is 2.19. The van der Waals surface area contributed by atoms with E-state index in [1.54, 1.807) is 12.1 Å². The number of methoxy groups -OCH3 is 1. The molecular weight excluding hydrogens is 520 g/mol. The second kappa shape index (κ2) is 10.4. The van der Waals surface area contributed by atoms with Gasteiger partial charge in [0.05, 0.1) is 27.9 Å². The Morgan fingerprint density at radius 2 is 1.88 bits per heavy atom. The number of allylic oxidation sites excluding steroid dienone is 1. The molecule has 0 amide bonds. The van der Waals surface area contributed by atoms with Gasteiger partial charge in [0, 0.05) is 11.8 Å². The Morgan fingerprint density at radius 3 is 2.53 bits per heavy atom. The van der Waals surface area contributed by atoms with Gasteiger partial charge in [0.1, 0.15) is 11.5 Å². The molecule has 0 saturated heterocycles. The number of nitrogens with zero attached hydrogens (tertiary/aromatic N) is 3. The standard InChI is InChI=1S/C24H25BrN4O4S/c1-14(2)18-11-6-7-12-19(18)27-22(20(25)21(26)15(3)32-4)24-29-28-23(33-24)16-9-8-10-17(13-16)34(5,30)31/h6-14H,3,26H2,1-2,4-5H3. The van der Waals surface area contributed by atoms with E-state index >= 15 is 0 Å². The fourth-order valence-electron chi connectivity index (χ4n) is 3.04. The van der Waals surface area contributed by atoms with E-state index < -0.39 is 9.84 Å². The Labute approximate surface area is 207 Å². The molecule has 0 unspecified atom stereocenters. The number of aliphatic imine (C=N–C) groups is 1. The van der Waals surface area contributed by atoms with Crippen LogP contribution in [-0.2, 0) is 14.6 Å². The zero-order valence-corrected chi connectivity index (χ0v) is 21.6. The molecule has 3 rings (SSSR count). The van der Waals surface area contributed by atoms with E-state index in [1.807, 2.05) is 24.3 Å². The topological polar surface area (TPSA) is 121 Å². The van der Waals surface area contributed by atoms with Gasteiger partial charge >= 0.3 is 0 Å². The van der Waals surface area contributed by atoms with Crippen LogP contribution < -0.4 is 5.73 Å². The van der Waals surface area contributed by atoms with Gasteiger partial charge in [-0.2, -0.15) is 0 Å². The smallest absolute Gasteiger partial charge is 0.267 e. The molecule has 178 valence electrons. The van der Waals surface area contributed by atoms with Gasteiger partial charge in [-0.15, -0.1) is 10.2 Å². The number of nitrogens with two attached hydrogens (primary N) is 1. The zero-order chi connectivity index (χ0) is 25.0. The third-order valence-corrected chi connectivity index (χ3v) is 6.83. The third kappa shape index (κ3) is 5.63. The summed E-state index contributed by atoms with van der Waals surface area (Å²) in [5, 5.41) is 8.26. The summed E-state index contributed by atoms with van der Waals surface area (Å²) in [6, 6.07) is 14.0. The Morgan fingerprint density at radius 1 is 1.18 bits per heavy atom. The molecule has 2 aromatic carbocycles. The average Bonchev–Trinajstić information content (AvgIpc) is 3.30. The number of benzene rings is 2. The van der Waals surface area contributed by atoms with Crippen LogP contribution in [0.5, 0.6) is 0 Å². The number of hydrogen-bond donors (Lipinski definition) is 1. The van der Waals surface area contributed by atoms with Crippen LogP contribution in [-0.4, -0.2) is 37.7 Å². The van der Waals surface area contributed by atoms with E-state index in [2.05, 4.69) is 46.6 Å². The molecule has 1 aromatic heterocycles. The second-order valence-electron chi connectivity index (χ2n) is 7.74. The summed E-state index contributed by atoms with van der Waals surface area (Å²) in [5.74, 6) is 0.663. The molecule has 0 saturated carbocycles. The van der Waals surface area contributed by atoms with Crippen molar-refractivity contribution >= 4 is 37.2 Å². The second-order valence-corrected chi connectivity index (χ2v) is 10.5. The summed E-state index contributed by atoms with van der Waals surface area (Å²) in [6.07, 6.45) is 1.13. The molecule has 0 radical (unpaired) electrons. The first-order valence-electron chi connectivity index (χ1n) is 10.2. The van der Waals surface area contributed by atoms with Crippen molar-refractivity contribution in [3.05, 3.63) is 82.5 Å².